The van der Waals surface area contributed by atoms with Crippen LogP contribution in [0.3, 0.4) is 0 Å². The Bertz CT molecular complexity index is 655. The molecule has 0 fully saturated rings. The van der Waals surface area contributed by atoms with Gasteiger partial charge in [-0.3, -0.25) is 0 Å². The third kappa shape index (κ3) is 2.51. The zero-order valence-corrected chi connectivity index (χ0v) is 11.8. The van der Waals surface area contributed by atoms with Gasteiger partial charge < -0.3 is 9.30 Å². The summed E-state index contributed by atoms with van der Waals surface area (Å²) in [5.41, 5.74) is 1.24. The minimum absolute atomic E-state index is 0.773. The zero-order chi connectivity index (χ0) is 13.1. The van der Waals surface area contributed by atoms with E-state index in [4.69, 9.17) is 4.74 Å². The lowest BCUT2D eigenvalue weighted by atomic mass is 10.2. The minimum Gasteiger partial charge on any atom is -0.493 e. The molecule has 3 heteroatoms. The van der Waals surface area contributed by atoms with Crippen molar-refractivity contribution in [3.8, 4) is 5.75 Å². The standard InChI is InChI=1S/C16H17NOS/c1-2-10-18-16-7-3-6-15-14(16)8-9-17(15)12-13-5-4-11-19-13/h3-9,11H,2,10,12H2,1H3. The van der Waals surface area contributed by atoms with Gasteiger partial charge in [0.2, 0.25) is 0 Å². The Morgan fingerprint density at radius 3 is 2.89 bits per heavy atom. The third-order valence-corrected chi connectivity index (χ3v) is 4.00. The van der Waals surface area contributed by atoms with Crippen molar-refractivity contribution in [2.75, 3.05) is 6.61 Å². The summed E-state index contributed by atoms with van der Waals surface area (Å²) in [6.45, 7) is 3.83. The van der Waals surface area contributed by atoms with Crippen LogP contribution in [-0.4, -0.2) is 11.2 Å². The molecule has 0 atom stereocenters. The van der Waals surface area contributed by atoms with Crippen molar-refractivity contribution in [2.45, 2.75) is 19.9 Å². The second-order valence-corrected chi connectivity index (χ2v) is 5.59. The molecular formula is C16H17NOS. The van der Waals surface area contributed by atoms with Gasteiger partial charge in [0, 0.05) is 16.5 Å². The summed E-state index contributed by atoms with van der Waals surface area (Å²) in [6.07, 6.45) is 3.18. The monoisotopic (exact) mass is 271 g/mol. The van der Waals surface area contributed by atoms with Crippen LogP contribution in [0.5, 0.6) is 5.75 Å². The quantitative estimate of drug-likeness (QED) is 0.664. The number of hydrogen-bond donors (Lipinski definition) is 0. The lowest BCUT2D eigenvalue weighted by molar-refractivity contribution is 0.321. The van der Waals surface area contributed by atoms with Crippen LogP contribution in [0.1, 0.15) is 18.2 Å². The van der Waals surface area contributed by atoms with Gasteiger partial charge in [-0.25, -0.2) is 0 Å². The molecule has 0 N–H and O–H groups in total. The molecule has 0 unspecified atom stereocenters. The Morgan fingerprint density at radius 2 is 2.11 bits per heavy atom. The second kappa shape index (κ2) is 5.49. The van der Waals surface area contributed by atoms with E-state index in [1.165, 1.54) is 15.8 Å². The number of aromatic nitrogens is 1. The molecule has 98 valence electrons. The van der Waals surface area contributed by atoms with Crippen molar-refractivity contribution >= 4 is 22.2 Å². The molecule has 2 nitrogen and oxygen atoms in total. The van der Waals surface area contributed by atoms with E-state index < -0.39 is 0 Å². The maximum atomic E-state index is 5.81. The Balaban J connectivity index is 1.94. The van der Waals surface area contributed by atoms with Crippen molar-refractivity contribution in [3.63, 3.8) is 0 Å². The normalized spacial score (nSPS) is 11.0. The lowest BCUT2D eigenvalue weighted by Gasteiger charge is -2.07. The number of ether oxygens (including phenoxy) is 1. The molecule has 2 heterocycles. The molecule has 0 radical (unpaired) electrons. The predicted molar refractivity (Wildman–Crippen MR) is 81.1 cm³/mol. The molecule has 0 aliphatic rings. The van der Waals surface area contributed by atoms with Crippen molar-refractivity contribution < 1.29 is 4.74 Å². The molecule has 0 saturated heterocycles. The molecule has 0 spiro atoms. The van der Waals surface area contributed by atoms with E-state index in [2.05, 4.69) is 53.4 Å². The summed E-state index contributed by atoms with van der Waals surface area (Å²) in [5.74, 6) is 0.990. The van der Waals surface area contributed by atoms with E-state index >= 15 is 0 Å². The molecule has 2 aromatic heterocycles. The highest BCUT2D eigenvalue weighted by molar-refractivity contribution is 7.09. The number of hydrogen-bond acceptors (Lipinski definition) is 2. The van der Waals surface area contributed by atoms with Crippen LogP contribution in [0, 0.1) is 0 Å². The highest BCUT2D eigenvalue weighted by Crippen LogP contribution is 2.27. The first-order valence-corrected chi connectivity index (χ1v) is 7.49. The second-order valence-electron chi connectivity index (χ2n) is 4.56. The highest BCUT2D eigenvalue weighted by Gasteiger charge is 2.07. The number of thiophene rings is 1. The van der Waals surface area contributed by atoms with Gasteiger partial charge in [-0.2, -0.15) is 0 Å². The first-order chi connectivity index (χ1) is 9.38. The maximum Gasteiger partial charge on any atom is 0.128 e. The first-order valence-electron chi connectivity index (χ1n) is 6.61. The molecule has 3 aromatic rings. The zero-order valence-electron chi connectivity index (χ0n) is 11.0. The fraction of sp³-hybridized carbons (Fsp3) is 0.250. The maximum absolute atomic E-state index is 5.81. The van der Waals surface area contributed by atoms with Gasteiger partial charge in [0.05, 0.1) is 18.7 Å². The fourth-order valence-corrected chi connectivity index (χ4v) is 2.94. The average Bonchev–Trinajstić information content (AvgIpc) is 3.07. The van der Waals surface area contributed by atoms with E-state index in [0.29, 0.717) is 0 Å². The molecule has 3 rings (SSSR count). The molecule has 19 heavy (non-hydrogen) atoms. The molecule has 0 amide bonds. The van der Waals surface area contributed by atoms with Gasteiger partial charge in [0.1, 0.15) is 5.75 Å². The van der Waals surface area contributed by atoms with Crippen LogP contribution < -0.4 is 4.74 Å². The van der Waals surface area contributed by atoms with Crippen LogP contribution in [0.2, 0.25) is 0 Å². The Labute approximate surface area is 117 Å². The summed E-state index contributed by atoms with van der Waals surface area (Å²) < 4.78 is 8.08. The Hall–Kier alpha value is -1.74. The number of benzene rings is 1. The molecule has 0 bridgehead atoms. The van der Waals surface area contributed by atoms with Gasteiger partial charge in [-0.15, -0.1) is 11.3 Å². The van der Waals surface area contributed by atoms with E-state index in [0.717, 1.165) is 25.3 Å². The topological polar surface area (TPSA) is 14.2 Å². The Morgan fingerprint density at radius 1 is 1.16 bits per heavy atom. The molecule has 0 aliphatic heterocycles. The summed E-state index contributed by atoms with van der Waals surface area (Å²) in [5, 5.41) is 3.32. The largest absolute Gasteiger partial charge is 0.493 e. The van der Waals surface area contributed by atoms with Crippen LogP contribution in [-0.2, 0) is 6.54 Å². The highest BCUT2D eigenvalue weighted by atomic mass is 32.1. The van der Waals surface area contributed by atoms with E-state index in [1.54, 1.807) is 11.3 Å². The van der Waals surface area contributed by atoms with Gasteiger partial charge in [0.25, 0.3) is 0 Å². The number of fused-ring (bicyclic) bond motifs is 1. The number of nitrogens with zero attached hydrogens (tertiary/aromatic N) is 1. The molecular weight excluding hydrogens is 254 g/mol. The first kappa shape index (κ1) is 12.3. The lowest BCUT2D eigenvalue weighted by Crippen LogP contribution is -1.97. The summed E-state index contributed by atoms with van der Waals surface area (Å²) in [7, 11) is 0. The SMILES string of the molecule is CCCOc1cccc2c1ccn2Cc1cccs1. The predicted octanol–water partition coefficient (Wildman–Crippen LogP) is 4.54. The Kier molecular flexibility index (Phi) is 3.56. The number of rotatable bonds is 5. The van der Waals surface area contributed by atoms with Crippen LogP contribution >= 0.6 is 11.3 Å². The van der Waals surface area contributed by atoms with Gasteiger partial charge >= 0.3 is 0 Å². The smallest absolute Gasteiger partial charge is 0.128 e. The van der Waals surface area contributed by atoms with Crippen LogP contribution in [0.4, 0.5) is 0 Å². The van der Waals surface area contributed by atoms with Gasteiger partial charge in [-0.1, -0.05) is 19.1 Å². The van der Waals surface area contributed by atoms with E-state index in [9.17, 15) is 0 Å². The van der Waals surface area contributed by atoms with Gasteiger partial charge in [0.15, 0.2) is 0 Å². The fourth-order valence-electron chi connectivity index (χ4n) is 2.24. The van der Waals surface area contributed by atoms with Crippen LogP contribution in [0.25, 0.3) is 10.9 Å². The summed E-state index contributed by atoms with van der Waals surface area (Å²) >= 11 is 1.80. The van der Waals surface area contributed by atoms with Crippen molar-refractivity contribution in [1.82, 2.24) is 4.57 Å². The molecule has 0 saturated carbocycles. The third-order valence-electron chi connectivity index (χ3n) is 3.14. The van der Waals surface area contributed by atoms with Gasteiger partial charge in [-0.05, 0) is 36.1 Å². The molecule has 1 aromatic carbocycles. The van der Waals surface area contributed by atoms with Crippen molar-refractivity contribution in [3.05, 3.63) is 52.9 Å². The van der Waals surface area contributed by atoms with Crippen LogP contribution in [0.15, 0.2) is 48.0 Å². The van der Waals surface area contributed by atoms with E-state index in [1.807, 2.05) is 6.07 Å². The molecule has 0 aliphatic carbocycles. The van der Waals surface area contributed by atoms with Crippen molar-refractivity contribution in [1.29, 1.82) is 0 Å². The van der Waals surface area contributed by atoms with E-state index in [-0.39, 0.29) is 0 Å². The minimum atomic E-state index is 0.773. The average molecular weight is 271 g/mol. The summed E-state index contributed by atoms with van der Waals surface area (Å²) in [6, 6.07) is 12.7. The van der Waals surface area contributed by atoms with Crippen molar-refractivity contribution in [2.24, 2.45) is 0 Å². The summed E-state index contributed by atoms with van der Waals surface area (Å²) in [4.78, 5) is 1.37.